The standard InChI is InChI=1S/C22H13O/c1-2-8-15(9-3-1)19-14-16-10-4-5-11-17(16)21-18-12-6-7-13-20(18)23-22(19)21/h1-10,12-14H. The third-order valence-corrected chi connectivity index (χ3v) is 4.36. The fourth-order valence-electron chi connectivity index (χ4n) is 3.32. The lowest BCUT2D eigenvalue weighted by atomic mass is 9.96. The van der Waals surface area contributed by atoms with Gasteiger partial charge in [0.25, 0.3) is 0 Å². The fraction of sp³-hybridized carbons (Fsp3) is 0. The maximum Gasteiger partial charge on any atom is 0.143 e. The Labute approximate surface area is 133 Å². The van der Waals surface area contributed by atoms with Crippen molar-refractivity contribution in [3.8, 4) is 11.1 Å². The van der Waals surface area contributed by atoms with Crippen molar-refractivity contribution in [2.45, 2.75) is 0 Å². The van der Waals surface area contributed by atoms with Gasteiger partial charge < -0.3 is 4.42 Å². The molecular weight excluding hydrogens is 280 g/mol. The van der Waals surface area contributed by atoms with E-state index in [1.807, 2.05) is 30.3 Å². The predicted molar refractivity (Wildman–Crippen MR) is 95.5 cm³/mol. The van der Waals surface area contributed by atoms with Gasteiger partial charge in [-0.05, 0) is 29.1 Å². The Kier molecular flexibility index (Phi) is 2.56. The van der Waals surface area contributed by atoms with Crippen molar-refractivity contribution >= 4 is 32.7 Å². The zero-order chi connectivity index (χ0) is 15.2. The van der Waals surface area contributed by atoms with Gasteiger partial charge in [-0.1, -0.05) is 66.7 Å². The van der Waals surface area contributed by atoms with Crippen LogP contribution in [0.4, 0.5) is 0 Å². The molecule has 1 nitrogen and oxygen atoms in total. The van der Waals surface area contributed by atoms with Gasteiger partial charge in [0.05, 0.1) is 0 Å². The molecule has 0 saturated carbocycles. The largest absolute Gasteiger partial charge is 0.455 e. The Morgan fingerprint density at radius 1 is 0.783 bits per heavy atom. The Bertz CT molecular complexity index is 1150. The number of furan rings is 1. The van der Waals surface area contributed by atoms with Crippen LogP contribution in [0.2, 0.25) is 0 Å². The zero-order valence-electron chi connectivity index (χ0n) is 12.4. The summed E-state index contributed by atoms with van der Waals surface area (Å²) >= 11 is 0. The molecule has 0 fully saturated rings. The van der Waals surface area contributed by atoms with Gasteiger partial charge in [0.1, 0.15) is 11.2 Å². The van der Waals surface area contributed by atoms with Gasteiger partial charge in [0, 0.05) is 21.7 Å². The van der Waals surface area contributed by atoms with Crippen LogP contribution >= 0.6 is 0 Å². The molecule has 0 atom stereocenters. The van der Waals surface area contributed by atoms with E-state index in [0.717, 1.165) is 32.9 Å². The van der Waals surface area contributed by atoms with Crippen LogP contribution in [0, 0.1) is 6.07 Å². The number of benzene rings is 4. The SMILES string of the molecule is [c]1cccc2cc(-c3ccccc3)c3oc4ccccc4c3c12. The van der Waals surface area contributed by atoms with Crippen LogP contribution in [0.15, 0.2) is 83.3 Å². The van der Waals surface area contributed by atoms with Crippen molar-refractivity contribution < 1.29 is 4.42 Å². The predicted octanol–water partition coefficient (Wildman–Crippen LogP) is 6.21. The molecule has 4 aromatic carbocycles. The zero-order valence-corrected chi connectivity index (χ0v) is 12.4. The minimum absolute atomic E-state index is 0.921. The molecular formula is C22H13O. The van der Waals surface area contributed by atoms with Gasteiger partial charge in [0.2, 0.25) is 0 Å². The molecule has 0 bridgehead atoms. The average Bonchev–Trinajstić information content (AvgIpc) is 3.01. The minimum Gasteiger partial charge on any atom is -0.455 e. The van der Waals surface area contributed by atoms with Gasteiger partial charge in [0.15, 0.2) is 0 Å². The van der Waals surface area contributed by atoms with Crippen LogP contribution in [-0.2, 0) is 0 Å². The third kappa shape index (κ3) is 1.80. The Morgan fingerprint density at radius 2 is 1.61 bits per heavy atom. The first-order valence-corrected chi connectivity index (χ1v) is 7.72. The Morgan fingerprint density at radius 3 is 2.52 bits per heavy atom. The van der Waals surface area contributed by atoms with Crippen molar-refractivity contribution in [2.75, 3.05) is 0 Å². The number of para-hydroxylation sites is 1. The van der Waals surface area contributed by atoms with Crippen LogP contribution in [-0.4, -0.2) is 0 Å². The summed E-state index contributed by atoms with van der Waals surface area (Å²) < 4.78 is 6.23. The quantitative estimate of drug-likeness (QED) is 0.358. The summed E-state index contributed by atoms with van der Waals surface area (Å²) in [4.78, 5) is 0. The van der Waals surface area contributed by atoms with Gasteiger partial charge in [-0.25, -0.2) is 0 Å². The summed E-state index contributed by atoms with van der Waals surface area (Å²) in [6.07, 6.45) is 0. The molecule has 1 radical (unpaired) electrons. The molecule has 0 spiro atoms. The summed E-state index contributed by atoms with van der Waals surface area (Å²) in [5.74, 6) is 0. The molecule has 0 unspecified atom stereocenters. The van der Waals surface area contributed by atoms with Crippen LogP contribution in [0.25, 0.3) is 43.8 Å². The topological polar surface area (TPSA) is 13.1 Å². The van der Waals surface area contributed by atoms with Gasteiger partial charge in [-0.3, -0.25) is 0 Å². The Balaban J connectivity index is 2.05. The number of fused-ring (bicyclic) bond motifs is 5. The van der Waals surface area contributed by atoms with Crippen LogP contribution in [0.3, 0.4) is 0 Å². The van der Waals surface area contributed by atoms with Crippen molar-refractivity contribution in [3.63, 3.8) is 0 Å². The van der Waals surface area contributed by atoms with Crippen molar-refractivity contribution in [2.24, 2.45) is 0 Å². The van der Waals surface area contributed by atoms with E-state index in [2.05, 4.69) is 54.6 Å². The van der Waals surface area contributed by atoms with E-state index in [-0.39, 0.29) is 0 Å². The molecule has 0 aliphatic heterocycles. The van der Waals surface area contributed by atoms with E-state index < -0.39 is 0 Å². The summed E-state index contributed by atoms with van der Waals surface area (Å²) in [5.41, 5.74) is 4.16. The maximum absolute atomic E-state index is 6.23. The minimum atomic E-state index is 0.921. The van der Waals surface area contributed by atoms with Gasteiger partial charge in [-0.15, -0.1) is 0 Å². The van der Waals surface area contributed by atoms with Crippen molar-refractivity contribution in [1.29, 1.82) is 0 Å². The lowest BCUT2D eigenvalue weighted by Crippen LogP contribution is -1.81. The highest BCUT2D eigenvalue weighted by Crippen LogP contribution is 2.40. The summed E-state index contributed by atoms with van der Waals surface area (Å²) in [5, 5.41) is 4.60. The molecule has 107 valence electrons. The van der Waals surface area contributed by atoms with E-state index >= 15 is 0 Å². The normalized spacial score (nSPS) is 11.5. The summed E-state index contributed by atoms with van der Waals surface area (Å²) in [6.45, 7) is 0. The maximum atomic E-state index is 6.23. The van der Waals surface area contributed by atoms with Crippen LogP contribution < -0.4 is 0 Å². The first-order chi connectivity index (χ1) is 11.4. The van der Waals surface area contributed by atoms with Crippen molar-refractivity contribution in [3.05, 3.63) is 84.9 Å². The summed E-state index contributed by atoms with van der Waals surface area (Å²) in [7, 11) is 0. The molecule has 1 aromatic heterocycles. The van der Waals surface area contributed by atoms with E-state index in [9.17, 15) is 0 Å². The van der Waals surface area contributed by atoms with Crippen LogP contribution in [0.5, 0.6) is 0 Å². The molecule has 1 heterocycles. The van der Waals surface area contributed by atoms with E-state index in [4.69, 9.17) is 4.42 Å². The Hall–Kier alpha value is -3.06. The molecule has 5 aromatic rings. The number of rotatable bonds is 1. The molecule has 0 amide bonds. The highest BCUT2D eigenvalue weighted by atomic mass is 16.3. The highest BCUT2D eigenvalue weighted by molar-refractivity contribution is 6.22. The molecule has 0 aliphatic carbocycles. The van der Waals surface area contributed by atoms with E-state index in [1.54, 1.807) is 0 Å². The molecule has 1 heteroatoms. The highest BCUT2D eigenvalue weighted by Gasteiger charge is 2.15. The summed E-state index contributed by atoms with van der Waals surface area (Å²) in [6, 6.07) is 30.4. The molecule has 0 N–H and O–H groups in total. The number of hydrogen-bond donors (Lipinski definition) is 0. The molecule has 23 heavy (non-hydrogen) atoms. The van der Waals surface area contributed by atoms with E-state index in [0.29, 0.717) is 0 Å². The molecule has 5 rings (SSSR count). The van der Waals surface area contributed by atoms with Gasteiger partial charge in [-0.2, -0.15) is 0 Å². The fourth-order valence-corrected chi connectivity index (χ4v) is 3.32. The average molecular weight is 293 g/mol. The molecule has 0 aliphatic rings. The second-order valence-corrected chi connectivity index (χ2v) is 5.73. The van der Waals surface area contributed by atoms with E-state index in [1.165, 1.54) is 10.9 Å². The van der Waals surface area contributed by atoms with Gasteiger partial charge >= 0.3 is 0 Å². The second-order valence-electron chi connectivity index (χ2n) is 5.73. The first kappa shape index (κ1) is 12.5. The van der Waals surface area contributed by atoms with Crippen molar-refractivity contribution in [1.82, 2.24) is 0 Å². The second kappa shape index (κ2) is 4.72. The smallest absolute Gasteiger partial charge is 0.143 e. The molecule has 0 saturated heterocycles. The lowest BCUT2D eigenvalue weighted by molar-refractivity contribution is 0.670. The lowest BCUT2D eigenvalue weighted by Gasteiger charge is -2.06. The third-order valence-electron chi connectivity index (χ3n) is 4.36. The van der Waals surface area contributed by atoms with Crippen LogP contribution in [0.1, 0.15) is 0 Å². The number of hydrogen-bond acceptors (Lipinski definition) is 1. The monoisotopic (exact) mass is 293 g/mol. The first-order valence-electron chi connectivity index (χ1n) is 7.72.